The number of amides is 1. The van der Waals surface area contributed by atoms with Gasteiger partial charge in [-0.25, -0.2) is 0 Å². The van der Waals surface area contributed by atoms with Crippen molar-refractivity contribution in [1.82, 2.24) is 10.6 Å². The van der Waals surface area contributed by atoms with Gasteiger partial charge in [0, 0.05) is 6.04 Å². The highest BCUT2D eigenvalue weighted by Crippen LogP contribution is 2.02. The lowest BCUT2D eigenvalue weighted by atomic mass is 10.1. The molecule has 0 aliphatic carbocycles. The van der Waals surface area contributed by atoms with Crippen molar-refractivity contribution in [2.24, 2.45) is 0 Å². The number of hydrogen-bond acceptors (Lipinski definition) is 2. The number of hydrogen-bond donors (Lipinski definition) is 2. The molecule has 15 heavy (non-hydrogen) atoms. The first-order valence-electron chi connectivity index (χ1n) is 5.64. The van der Waals surface area contributed by atoms with Crippen molar-refractivity contribution in [3.63, 3.8) is 0 Å². The van der Waals surface area contributed by atoms with E-state index >= 15 is 0 Å². The number of terminal acetylenes is 1. The second-order valence-electron chi connectivity index (χ2n) is 3.77. The van der Waals surface area contributed by atoms with Gasteiger partial charge in [0.2, 0.25) is 5.91 Å². The van der Waals surface area contributed by atoms with Crippen molar-refractivity contribution in [2.45, 2.75) is 45.6 Å². The summed E-state index contributed by atoms with van der Waals surface area (Å²) in [6.07, 6.45) is 9.72. The van der Waals surface area contributed by atoms with Crippen LogP contribution in [0.15, 0.2) is 0 Å². The molecule has 0 radical (unpaired) electrons. The van der Waals surface area contributed by atoms with Crippen molar-refractivity contribution in [1.29, 1.82) is 0 Å². The number of rotatable bonds is 8. The molecule has 0 heterocycles. The van der Waals surface area contributed by atoms with E-state index in [9.17, 15) is 4.79 Å². The van der Waals surface area contributed by atoms with Crippen LogP contribution in [0, 0.1) is 12.3 Å². The number of carbonyl (C=O) groups is 1. The van der Waals surface area contributed by atoms with E-state index in [1.54, 1.807) is 0 Å². The molecule has 0 aliphatic rings. The van der Waals surface area contributed by atoms with Gasteiger partial charge in [-0.15, -0.1) is 6.42 Å². The first kappa shape index (κ1) is 14.0. The van der Waals surface area contributed by atoms with Gasteiger partial charge in [-0.2, -0.15) is 0 Å². The topological polar surface area (TPSA) is 41.1 Å². The van der Waals surface area contributed by atoms with Crippen molar-refractivity contribution in [3.8, 4) is 12.3 Å². The molecule has 0 bridgehead atoms. The predicted molar refractivity (Wildman–Crippen MR) is 63.4 cm³/mol. The Morgan fingerprint density at radius 1 is 1.47 bits per heavy atom. The van der Waals surface area contributed by atoms with Crippen LogP contribution >= 0.6 is 0 Å². The monoisotopic (exact) mass is 210 g/mol. The van der Waals surface area contributed by atoms with E-state index in [4.69, 9.17) is 6.42 Å². The van der Waals surface area contributed by atoms with Gasteiger partial charge in [0.05, 0.1) is 13.1 Å². The van der Waals surface area contributed by atoms with Crippen LogP contribution in [-0.4, -0.2) is 25.0 Å². The van der Waals surface area contributed by atoms with Crippen LogP contribution in [0.1, 0.15) is 39.5 Å². The standard InChI is InChI=1S/C12H22N2O/c1-4-6-7-8-11(3)14-12(15)10-13-9-5-2/h2,11,13H,4,6-10H2,1,3H3,(H,14,15). The second kappa shape index (κ2) is 9.54. The summed E-state index contributed by atoms with van der Waals surface area (Å²) in [4.78, 5) is 11.3. The maximum absolute atomic E-state index is 11.3. The second-order valence-corrected chi connectivity index (χ2v) is 3.77. The zero-order chi connectivity index (χ0) is 11.5. The Labute approximate surface area is 93.0 Å². The maximum atomic E-state index is 11.3. The van der Waals surface area contributed by atoms with E-state index in [0.717, 1.165) is 6.42 Å². The molecule has 2 N–H and O–H groups in total. The number of unbranched alkanes of at least 4 members (excludes halogenated alkanes) is 2. The van der Waals surface area contributed by atoms with Crippen LogP contribution in [0.25, 0.3) is 0 Å². The summed E-state index contributed by atoms with van der Waals surface area (Å²) in [5.41, 5.74) is 0. The summed E-state index contributed by atoms with van der Waals surface area (Å²) in [7, 11) is 0. The molecule has 0 aromatic heterocycles. The highest BCUT2D eigenvalue weighted by atomic mass is 16.1. The third kappa shape index (κ3) is 9.30. The normalized spacial score (nSPS) is 11.8. The van der Waals surface area contributed by atoms with Crippen LogP contribution in [0.3, 0.4) is 0 Å². The molecule has 0 fully saturated rings. The highest BCUT2D eigenvalue weighted by molar-refractivity contribution is 5.78. The van der Waals surface area contributed by atoms with Gasteiger partial charge in [0.25, 0.3) is 0 Å². The van der Waals surface area contributed by atoms with E-state index in [-0.39, 0.29) is 11.9 Å². The summed E-state index contributed by atoms with van der Waals surface area (Å²) in [6.45, 7) is 4.96. The molecule has 1 unspecified atom stereocenters. The molecule has 86 valence electrons. The van der Waals surface area contributed by atoms with Crippen molar-refractivity contribution >= 4 is 5.91 Å². The quantitative estimate of drug-likeness (QED) is 0.468. The minimum Gasteiger partial charge on any atom is -0.353 e. The summed E-state index contributed by atoms with van der Waals surface area (Å²) < 4.78 is 0. The Bertz CT molecular complexity index is 208. The molecule has 0 spiro atoms. The Morgan fingerprint density at radius 2 is 2.20 bits per heavy atom. The van der Waals surface area contributed by atoms with Gasteiger partial charge >= 0.3 is 0 Å². The van der Waals surface area contributed by atoms with Crippen LogP contribution in [0.5, 0.6) is 0 Å². The van der Waals surface area contributed by atoms with E-state index in [1.165, 1.54) is 19.3 Å². The Kier molecular flexibility index (Phi) is 8.90. The SMILES string of the molecule is C#CCNCC(=O)NC(C)CCCCC. The number of nitrogens with one attached hydrogen (secondary N) is 2. The van der Waals surface area contributed by atoms with Crippen LogP contribution in [0.4, 0.5) is 0 Å². The Hall–Kier alpha value is -1.01. The van der Waals surface area contributed by atoms with Crippen molar-refractivity contribution < 1.29 is 4.79 Å². The van der Waals surface area contributed by atoms with Crippen LogP contribution in [-0.2, 0) is 4.79 Å². The van der Waals surface area contributed by atoms with Crippen molar-refractivity contribution in [2.75, 3.05) is 13.1 Å². The zero-order valence-corrected chi connectivity index (χ0v) is 9.81. The van der Waals surface area contributed by atoms with Gasteiger partial charge in [0.1, 0.15) is 0 Å². The minimum atomic E-state index is 0.0225. The minimum absolute atomic E-state index is 0.0225. The predicted octanol–water partition coefficient (Wildman–Crippen LogP) is 1.29. The van der Waals surface area contributed by atoms with E-state index < -0.39 is 0 Å². The maximum Gasteiger partial charge on any atom is 0.234 e. The smallest absolute Gasteiger partial charge is 0.234 e. The molecule has 0 aromatic rings. The fraction of sp³-hybridized carbons (Fsp3) is 0.750. The van der Waals surface area contributed by atoms with E-state index in [1.807, 2.05) is 6.92 Å². The molecule has 0 saturated heterocycles. The lowest BCUT2D eigenvalue weighted by Crippen LogP contribution is -2.39. The fourth-order valence-corrected chi connectivity index (χ4v) is 1.35. The van der Waals surface area contributed by atoms with Crippen LogP contribution in [0.2, 0.25) is 0 Å². The van der Waals surface area contributed by atoms with Gasteiger partial charge in [0.15, 0.2) is 0 Å². The first-order chi connectivity index (χ1) is 7.20. The summed E-state index contributed by atoms with van der Waals surface area (Å²) in [5, 5.41) is 5.79. The number of carbonyl (C=O) groups excluding carboxylic acids is 1. The zero-order valence-electron chi connectivity index (χ0n) is 9.81. The van der Waals surface area contributed by atoms with Gasteiger partial charge < -0.3 is 5.32 Å². The molecule has 0 aromatic carbocycles. The molecular weight excluding hydrogens is 188 g/mol. The first-order valence-corrected chi connectivity index (χ1v) is 5.64. The highest BCUT2D eigenvalue weighted by Gasteiger charge is 2.05. The van der Waals surface area contributed by atoms with Gasteiger partial charge in [-0.3, -0.25) is 10.1 Å². The molecule has 3 nitrogen and oxygen atoms in total. The molecule has 0 saturated carbocycles. The lowest BCUT2D eigenvalue weighted by Gasteiger charge is -2.13. The fourth-order valence-electron chi connectivity index (χ4n) is 1.35. The molecular formula is C12H22N2O. The van der Waals surface area contributed by atoms with Gasteiger partial charge in [-0.05, 0) is 13.3 Å². The molecule has 0 aliphatic heterocycles. The molecule has 0 rings (SSSR count). The average Bonchev–Trinajstić information content (AvgIpc) is 2.18. The lowest BCUT2D eigenvalue weighted by molar-refractivity contribution is -0.120. The largest absolute Gasteiger partial charge is 0.353 e. The molecule has 3 heteroatoms. The van der Waals surface area contributed by atoms with Gasteiger partial charge in [-0.1, -0.05) is 32.1 Å². The molecule has 1 amide bonds. The van der Waals surface area contributed by atoms with Crippen LogP contribution < -0.4 is 10.6 Å². The van der Waals surface area contributed by atoms with E-state index in [2.05, 4.69) is 23.5 Å². The van der Waals surface area contributed by atoms with E-state index in [0.29, 0.717) is 13.1 Å². The third-order valence-electron chi connectivity index (χ3n) is 2.16. The Morgan fingerprint density at radius 3 is 2.80 bits per heavy atom. The van der Waals surface area contributed by atoms with Crippen molar-refractivity contribution in [3.05, 3.63) is 0 Å². The third-order valence-corrected chi connectivity index (χ3v) is 2.16. The average molecular weight is 210 g/mol. The summed E-state index contributed by atoms with van der Waals surface area (Å²) in [5.74, 6) is 2.45. The molecule has 1 atom stereocenters. The Balaban J connectivity index is 3.45. The summed E-state index contributed by atoms with van der Waals surface area (Å²) >= 11 is 0. The summed E-state index contributed by atoms with van der Waals surface area (Å²) in [6, 6.07) is 0.261.